The molecule has 4 nitrogen and oxygen atoms in total. The number of benzene rings is 2. The van der Waals surface area contributed by atoms with E-state index < -0.39 is 24.3 Å². The van der Waals surface area contributed by atoms with Crippen molar-refractivity contribution < 1.29 is 27.8 Å². The number of hydrogen-bond donors (Lipinski definition) is 2. The van der Waals surface area contributed by atoms with Gasteiger partial charge in [-0.3, -0.25) is 4.72 Å². The van der Waals surface area contributed by atoms with Crippen LogP contribution in [0.2, 0.25) is 0 Å². The summed E-state index contributed by atoms with van der Waals surface area (Å²) in [5.74, 6) is -0.484. The number of alkyl halides is 3. The Morgan fingerprint density at radius 2 is 2.06 bits per heavy atom. The molecule has 1 atom stereocenters. The molecule has 8 heteroatoms. The molecule has 0 aromatic heterocycles. The standard InChI is InChI=1S/C23H24F3NO3S/c1-22(8-9-22)14-10-15(23(24,25)26)12-16(11-14)31-27-19-6-2-5-18-17(19)4-3-7-20(18)30-13-21(28)29/h3-4,7,10-12,19,27H,2,5-6,8-9,13H2,1H3,(H,28,29)/t19-/m1/s1. The number of hydrogen-bond acceptors (Lipinski definition) is 4. The van der Waals surface area contributed by atoms with Gasteiger partial charge in [0.25, 0.3) is 0 Å². The molecule has 2 aliphatic rings. The molecule has 1 fully saturated rings. The average Bonchev–Trinajstić information content (AvgIpc) is 3.48. The van der Waals surface area contributed by atoms with Crippen LogP contribution >= 0.6 is 11.9 Å². The van der Waals surface area contributed by atoms with Gasteiger partial charge in [-0.1, -0.05) is 19.1 Å². The molecule has 0 radical (unpaired) electrons. The van der Waals surface area contributed by atoms with Crippen LogP contribution in [0.25, 0.3) is 0 Å². The summed E-state index contributed by atoms with van der Waals surface area (Å²) < 4.78 is 49.1. The van der Waals surface area contributed by atoms with E-state index in [4.69, 9.17) is 9.84 Å². The molecule has 2 aromatic carbocycles. The Balaban J connectivity index is 1.54. The maximum atomic E-state index is 13.4. The van der Waals surface area contributed by atoms with Gasteiger partial charge in [0.05, 0.1) is 5.56 Å². The Morgan fingerprint density at radius 1 is 1.29 bits per heavy atom. The Morgan fingerprint density at radius 3 is 2.74 bits per heavy atom. The van der Waals surface area contributed by atoms with Crippen LogP contribution in [0.1, 0.15) is 60.9 Å². The SMILES string of the molecule is CC1(c2cc(SN[C@@H]3CCCc4c(OCC(=O)O)cccc43)cc(C(F)(F)F)c2)CC1. The fourth-order valence-electron chi connectivity index (χ4n) is 4.00. The smallest absolute Gasteiger partial charge is 0.416 e. The number of fused-ring (bicyclic) bond motifs is 1. The molecular formula is C23H24F3NO3S. The van der Waals surface area contributed by atoms with Crippen molar-refractivity contribution in [2.45, 2.75) is 61.6 Å². The first kappa shape index (κ1) is 22.0. The maximum absolute atomic E-state index is 13.4. The first-order valence-corrected chi connectivity index (χ1v) is 11.1. The summed E-state index contributed by atoms with van der Waals surface area (Å²) >= 11 is 1.22. The predicted octanol–water partition coefficient (Wildman–Crippen LogP) is 5.89. The van der Waals surface area contributed by atoms with Crippen LogP contribution in [0.3, 0.4) is 0 Å². The summed E-state index contributed by atoms with van der Waals surface area (Å²) in [5.41, 5.74) is 1.92. The lowest BCUT2D eigenvalue weighted by Crippen LogP contribution is -2.21. The van der Waals surface area contributed by atoms with Gasteiger partial charge in [0.1, 0.15) is 5.75 Å². The lowest BCUT2D eigenvalue weighted by molar-refractivity contribution is -0.139. The highest BCUT2D eigenvalue weighted by Crippen LogP contribution is 2.49. The Labute approximate surface area is 183 Å². The fraction of sp³-hybridized carbons (Fsp3) is 0.435. The molecule has 166 valence electrons. The zero-order valence-electron chi connectivity index (χ0n) is 17.1. The second kappa shape index (κ2) is 8.39. The van der Waals surface area contributed by atoms with E-state index in [2.05, 4.69) is 4.72 Å². The number of rotatable bonds is 7. The van der Waals surface area contributed by atoms with E-state index in [0.717, 1.165) is 48.8 Å². The number of ether oxygens (including phenoxy) is 1. The number of nitrogens with one attached hydrogen (secondary N) is 1. The van der Waals surface area contributed by atoms with Crippen LogP contribution in [0, 0.1) is 0 Å². The topological polar surface area (TPSA) is 58.6 Å². The average molecular weight is 452 g/mol. The second-order valence-corrected chi connectivity index (χ2v) is 9.39. The van der Waals surface area contributed by atoms with Crippen molar-refractivity contribution in [3.63, 3.8) is 0 Å². The van der Waals surface area contributed by atoms with E-state index in [1.54, 1.807) is 6.07 Å². The molecule has 0 amide bonds. The minimum absolute atomic E-state index is 0.0587. The third-order valence-corrected chi connectivity index (χ3v) is 6.94. The molecule has 31 heavy (non-hydrogen) atoms. The molecule has 4 rings (SSSR count). The van der Waals surface area contributed by atoms with Gasteiger partial charge < -0.3 is 9.84 Å². The Bertz CT molecular complexity index is 965. The largest absolute Gasteiger partial charge is 0.482 e. The normalized spacial score (nSPS) is 19.5. The minimum atomic E-state index is -4.38. The number of carboxylic acids is 1. The van der Waals surface area contributed by atoms with Gasteiger partial charge >= 0.3 is 12.1 Å². The first-order valence-electron chi connectivity index (χ1n) is 10.3. The highest BCUT2D eigenvalue weighted by Gasteiger charge is 2.41. The summed E-state index contributed by atoms with van der Waals surface area (Å²) in [6.45, 7) is 1.59. The van der Waals surface area contributed by atoms with Crippen molar-refractivity contribution >= 4 is 17.9 Å². The van der Waals surface area contributed by atoms with Crippen molar-refractivity contribution in [1.29, 1.82) is 0 Å². The van der Waals surface area contributed by atoms with Gasteiger partial charge in [0, 0.05) is 10.9 Å². The van der Waals surface area contributed by atoms with Crippen LogP contribution in [0.15, 0.2) is 41.3 Å². The number of aliphatic carboxylic acids is 1. The van der Waals surface area contributed by atoms with Crippen LogP contribution in [-0.4, -0.2) is 17.7 Å². The highest BCUT2D eigenvalue weighted by molar-refractivity contribution is 7.97. The summed E-state index contributed by atoms with van der Waals surface area (Å²) in [4.78, 5) is 11.4. The zero-order valence-corrected chi connectivity index (χ0v) is 17.9. The van der Waals surface area contributed by atoms with Gasteiger partial charge in [0.15, 0.2) is 6.61 Å². The van der Waals surface area contributed by atoms with E-state index in [9.17, 15) is 18.0 Å². The van der Waals surface area contributed by atoms with E-state index in [0.29, 0.717) is 10.6 Å². The van der Waals surface area contributed by atoms with Crippen molar-refractivity contribution in [2.75, 3.05) is 6.61 Å². The molecular weight excluding hydrogens is 427 g/mol. The summed E-state index contributed by atoms with van der Waals surface area (Å²) in [6, 6.07) is 9.81. The third-order valence-electron chi connectivity index (χ3n) is 6.07. The second-order valence-electron chi connectivity index (χ2n) is 8.48. The van der Waals surface area contributed by atoms with E-state index in [1.807, 2.05) is 25.1 Å². The highest BCUT2D eigenvalue weighted by atomic mass is 32.2. The van der Waals surface area contributed by atoms with E-state index >= 15 is 0 Å². The molecule has 1 saturated carbocycles. The maximum Gasteiger partial charge on any atom is 0.416 e. The van der Waals surface area contributed by atoms with E-state index in [-0.39, 0.29) is 11.5 Å². The molecule has 0 heterocycles. The van der Waals surface area contributed by atoms with Crippen molar-refractivity contribution in [1.82, 2.24) is 4.72 Å². The molecule has 0 unspecified atom stereocenters. The van der Waals surface area contributed by atoms with Crippen LogP contribution in [0.4, 0.5) is 13.2 Å². The predicted molar refractivity (Wildman–Crippen MR) is 112 cm³/mol. The van der Waals surface area contributed by atoms with Crippen molar-refractivity contribution in [3.8, 4) is 5.75 Å². The lowest BCUT2D eigenvalue weighted by Gasteiger charge is -2.27. The van der Waals surface area contributed by atoms with Crippen LogP contribution in [0.5, 0.6) is 5.75 Å². The molecule has 0 aliphatic heterocycles. The molecule has 0 saturated heterocycles. The summed E-state index contributed by atoms with van der Waals surface area (Å²) in [7, 11) is 0. The van der Waals surface area contributed by atoms with Crippen LogP contribution in [-0.2, 0) is 22.8 Å². The zero-order chi connectivity index (χ0) is 22.2. The minimum Gasteiger partial charge on any atom is -0.482 e. The Hall–Kier alpha value is -2.19. The van der Waals surface area contributed by atoms with Gasteiger partial charge in [-0.15, -0.1) is 0 Å². The van der Waals surface area contributed by atoms with Gasteiger partial charge in [-0.05, 0) is 90.4 Å². The lowest BCUT2D eigenvalue weighted by atomic mass is 9.87. The molecule has 0 bridgehead atoms. The number of carbonyl (C=O) groups is 1. The van der Waals surface area contributed by atoms with Crippen LogP contribution < -0.4 is 9.46 Å². The fourth-order valence-corrected chi connectivity index (χ4v) is 4.89. The van der Waals surface area contributed by atoms with Crippen molar-refractivity contribution in [2.24, 2.45) is 0 Å². The molecule has 0 spiro atoms. The van der Waals surface area contributed by atoms with Crippen molar-refractivity contribution in [3.05, 3.63) is 58.7 Å². The van der Waals surface area contributed by atoms with E-state index in [1.165, 1.54) is 24.1 Å². The number of carboxylic acid groups (broad SMARTS) is 1. The van der Waals surface area contributed by atoms with Gasteiger partial charge in [-0.2, -0.15) is 13.2 Å². The monoisotopic (exact) mass is 451 g/mol. The number of halogens is 3. The molecule has 2 aliphatic carbocycles. The summed E-state index contributed by atoms with van der Waals surface area (Å²) in [5, 5.41) is 8.88. The van der Waals surface area contributed by atoms with Gasteiger partial charge in [-0.25, -0.2) is 4.79 Å². The third kappa shape index (κ3) is 5.01. The van der Waals surface area contributed by atoms with Gasteiger partial charge in [0.2, 0.25) is 0 Å². The first-order chi connectivity index (χ1) is 14.7. The molecule has 2 N–H and O–H groups in total. The molecule has 2 aromatic rings. The Kier molecular flexibility index (Phi) is 5.96. The summed E-state index contributed by atoms with van der Waals surface area (Å²) in [6.07, 6.45) is -0.0805. The quantitative estimate of drug-likeness (QED) is 0.514.